The Hall–Kier alpha value is -1.27. The van der Waals surface area contributed by atoms with Gasteiger partial charge in [0.2, 0.25) is 0 Å². The molecule has 0 amide bonds. The fourth-order valence-electron chi connectivity index (χ4n) is 2.90. The topological polar surface area (TPSA) is 70.6 Å². The Kier molecular flexibility index (Phi) is 5.35. The molecule has 1 saturated carbocycles. The second-order valence-electron chi connectivity index (χ2n) is 6.76. The normalized spacial score (nSPS) is 24.6. The maximum Gasteiger partial charge on any atom is 0.191 e. The first kappa shape index (κ1) is 17.5. The lowest BCUT2D eigenvalue weighted by molar-refractivity contribution is 0.587. The van der Waals surface area contributed by atoms with Crippen molar-refractivity contribution < 1.29 is 8.42 Å². The molecule has 0 spiro atoms. The van der Waals surface area contributed by atoms with Crippen molar-refractivity contribution in [3.05, 3.63) is 34.9 Å². The van der Waals surface area contributed by atoms with Crippen LogP contribution in [0.1, 0.15) is 37.8 Å². The predicted molar refractivity (Wildman–Crippen MR) is 98.2 cm³/mol. The number of hydrogen-bond donors (Lipinski definition) is 2. The van der Waals surface area contributed by atoms with Crippen molar-refractivity contribution in [3.8, 4) is 0 Å². The van der Waals surface area contributed by atoms with Crippen molar-refractivity contribution in [1.29, 1.82) is 0 Å². The van der Waals surface area contributed by atoms with Gasteiger partial charge in [0.1, 0.15) is 0 Å². The number of benzene rings is 1. The molecule has 2 aliphatic rings. The molecule has 1 heterocycles. The number of rotatable bonds is 5. The van der Waals surface area contributed by atoms with E-state index in [1.54, 1.807) is 0 Å². The van der Waals surface area contributed by atoms with Gasteiger partial charge in [0.25, 0.3) is 0 Å². The van der Waals surface area contributed by atoms with Crippen LogP contribution < -0.4 is 10.6 Å². The second-order valence-corrected chi connectivity index (χ2v) is 9.40. The van der Waals surface area contributed by atoms with E-state index in [2.05, 4.69) is 15.6 Å². The highest BCUT2D eigenvalue weighted by Gasteiger charge is 2.28. The van der Waals surface area contributed by atoms with Gasteiger partial charge in [-0.1, -0.05) is 29.8 Å². The summed E-state index contributed by atoms with van der Waals surface area (Å²) in [4.78, 5) is 4.63. The van der Waals surface area contributed by atoms with E-state index in [1.807, 2.05) is 31.2 Å². The Balaban J connectivity index is 1.65. The summed E-state index contributed by atoms with van der Waals surface area (Å²) in [5, 5.41) is 7.52. The summed E-state index contributed by atoms with van der Waals surface area (Å²) in [5.74, 6) is 1.42. The predicted octanol–water partition coefficient (Wildman–Crippen LogP) is 2.53. The minimum Gasteiger partial charge on any atom is -0.354 e. The van der Waals surface area contributed by atoms with Gasteiger partial charge in [-0.15, -0.1) is 0 Å². The van der Waals surface area contributed by atoms with Crippen LogP contribution in [-0.4, -0.2) is 38.5 Å². The number of halogens is 1. The molecule has 0 aromatic heterocycles. The Morgan fingerprint density at radius 1 is 1.33 bits per heavy atom. The molecule has 3 rings (SSSR count). The molecule has 7 heteroatoms. The first-order chi connectivity index (χ1) is 11.4. The van der Waals surface area contributed by atoms with Crippen molar-refractivity contribution >= 4 is 27.4 Å². The number of aliphatic imine (C=N–C) groups is 1. The first-order valence-electron chi connectivity index (χ1n) is 8.45. The van der Waals surface area contributed by atoms with Crippen LogP contribution in [0.4, 0.5) is 0 Å². The van der Waals surface area contributed by atoms with E-state index >= 15 is 0 Å². The lowest BCUT2D eigenvalue weighted by Crippen LogP contribution is -2.40. The van der Waals surface area contributed by atoms with Crippen LogP contribution in [0, 0.1) is 5.92 Å². The lowest BCUT2D eigenvalue weighted by atomic mass is 10.1. The summed E-state index contributed by atoms with van der Waals surface area (Å²) in [5.41, 5.74) is 1.02. The molecular formula is C17H24ClN3O2S. The van der Waals surface area contributed by atoms with Gasteiger partial charge in [0.05, 0.1) is 17.5 Å². The first-order valence-corrected chi connectivity index (χ1v) is 10.7. The Morgan fingerprint density at radius 2 is 2.08 bits per heavy atom. The molecule has 1 aliphatic carbocycles. The molecule has 5 nitrogen and oxygen atoms in total. The summed E-state index contributed by atoms with van der Waals surface area (Å²) in [6, 6.07) is 8.25. The smallest absolute Gasteiger partial charge is 0.191 e. The highest BCUT2D eigenvalue weighted by Crippen LogP contribution is 2.23. The third-order valence-corrected chi connectivity index (χ3v) is 6.66. The van der Waals surface area contributed by atoms with Gasteiger partial charge in [-0.05, 0) is 43.7 Å². The van der Waals surface area contributed by atoms with Gasteiger partial charge in [-0.2, -0.15) is 0 Å². The molecule has 0 radical (unpaired) electrons. The van der Waals surface area contributed by atoms with Gasteiger partial charge in [-0.3, -0.25) is 4.99 Å². The van der Waals surface area contributed by atoms with Crippen molar-refractivity contribution in [2.45, 2.75) is 38.3 Å². The summed E-state index contributed by atoms with van der Waals surface area (Å²) >= 11 is 6.27. The van der Waals surface area contributed by atoms with Crippen LogP contribution in [0.2, 0.25) is 5.02 Å². The zero-order chi connectivity index (χ0) is 17.2. The van der Waals surface area contributed by atoms with Gasteiger partial charge < -0.3 is 10.6 Å². The standard InChI is InChI=1S/C17H24ClN3O2S/c1-12(15-4-2-3-5-16(15)18)20-17(21-14-6-7-14)19-10-13-8-9-24(22,23)11-13/h2-5,12-14H,6-11H2,1H3,(H2,19,20,21). The van der Waals surface area contributed by atoms with E-state index < -0.39 is 9.84 Å². The van der Waals surface area contributed by atoms with Gasteiger partial charge in [0, 0.05) is 17.6 Å². The molecule has 2 fully saturated rings. The molecular weight excluding hydrogens is 346 g/mol. The number of nitrogens with zero attached hydrogens (tertiary/aromatic N) is 1. The maximum absolute atomic E-state index is 11.6. The average molecular weight is 370 g/mol. The summed E-state index contributed by atoms with van der Waals surface area (Å²) in [7, 11) is -2.85. The number of nitrogens with one attached hydrogen (secondary N) is 2. The maximum atomic E-state index is 11.6. The lowest BCUT2D eigenvalue weighted by Gasteiger charge is -2.20. The minimum atomic E-state index is -2.85. The van der Waals surface area contributed by atoms with Crippen LogP contribution in [0.3, 0.4) is 0 Å². The van der Waals surface area contributed by atoms with E-state index in [-0.39, 0.29) is 17.7 Å². The largest absolute Gasteiger partial charge is 0.354 e. The van der Waals surface area contributed by atoms with Crippen molar-refractivity contribution in [2.24, 2.45) is 10.9 Å². The Morgan fingerprint density at radius 3 is 2.71 bits per heavy atom. The van der Waals surface area contributed by atoms with Crippen LogP contribution in [0.25, 0.3) is 0 Å². The molecule has 1 saturated heterocycles. The Labute approximate surface area is 148 Å². The second kappa shape index (κ2) is 7.31. The van der Waals surface area contributed by atoms with Crippen molar-refractivity contribution in [2.75, 3.05) is 18.1 Å². The third-order valence-electron chi connectivity index (χ3n) is 4.48. The number of guanidine groups is 1. The zero-order valence-corrected chi connectivity index (χ0v) is 15.4. The van der Waals surface area contributed by atoms with E-state index in [0.717, 1.165) is 29.4 Å². The fourth-order valence-corrected chi connectivity index (χ4v) is 5.05. The molecule has 132 valence electrons. The molecule has 24 heavy (non-hydrogen) atoms. The van der Waals surface area contributed by atoms with Crippen LogP contribution in [0.15, 0.2) is 29.3 Å². The van der Waals surface area contributed by atoms with Gasteiger partial charge in [-0.25, -0.2) is 8.42 Å². The van der Waals surface area contributed by atoms with E-state index in [9.17, 15) is 8.42 Å². The third kappa shape index (κ3) is 4.86. The van der Waals surface area contributed by atoms with E-state index in [0.29, 0.717) is 24.8 Å². The fraction of sp³-hybridized carbons (Fsp3) is 0.588. The van der Waals surface area contributed by atoms with E-state index in [4.69, 9.17) is 11.6 Å². The monoisotopic (exact) mass is 369 g/mol. The average Bonchev–Trinajstić information content (AvgIpc) is 3.27. The molecule has 1 aliphatic heterocycles. The molecule has 1 aromatic carbocycles. The zero-order valence-electron chi connectivity index (χ0n) is 13.8. The number of hydrogen-bond acceptors (Lipinski definition) is 3. The Bertz CT molecular complexity index is 716. The van der Waals surface area contributed by atoms with Crippen molar-refractivity contribution in [3.63, 3.8) is 0 Å². The van der Waals surface area contributed by atoms with Gasteiger partial charge in [0.15, 0.2) is 15.8 Å². The van der Waals surface area contributed by atoms with Crippen LogP contribution in [-0.2, 0) is 9.84 Å². The summed E-state index contributed by atoms with van der Waals surface area (Å²) < 4.78 is 23.2. The van der Waals surface area contributed by atoms with Crippen LogP contribution >= 0.6 is 11.6 Å². The quantitative estimate of drug-likeness (QED) is 0.618. The molecule has 2 atom stereocenters. The van der Waals surface area contributed by atoms with Crippen LogP contribution in [0.5, 0.6) is 0 Å². The minimum absolute atomic E-state index is 0.0241. The molecule has 1 aromatic rings. The molecule has 2 N–H and O–H groups in total. The van der Waals surface area contributed by atoms with Crippen molar-refractivity contribution in [1.82, 2.24) is 10.6 Å². The highest BCUT2D eigenvalue weighted by molar-refractivity contribution is 7.91. The summed E-state index contributed by atoms with van der Waals surface area (Å²) in [6.45, 7) is 2.59. The molecule has 0 bridgehead atoms. The highest BCUT2D eigenvalue weighted by atomic mass is 35.5. The van der Waals surface area contributed by atoms with Gasteiger partial charge >= 0.3 is 0 Å². The SMILES string of the molecule is CC(NC(=NCC1CCS(=O)(=O)C1)NC1CC1)c1ccccc1Cl. The van der Waals surface area contributed by atoms with E-state index in [1.165, 1.54) is 0 Å². The summed E-state index contributed by atoms with van der Waals surface area (Å²) in [6.07, 6.45) is 3.01. The number of sulfone groups is 1. The molecule has 2 unspecified atom stereocenters.